The van der Waals surface area contributed by atoms with Crippen molar-refractivity contribution in [1.29, 1.82) is 0 Å². The third-order valence-corrected chi connectivity index (χ3v) is 4.25. The maximum atomic E-state index is 9.86. The molecule has 4 nitrogen and oxygen atoms in total. The van der Waals surface area contributed by atoms with Crippen molar-refractivity contribution in [3.8, 4) is 0 Å². The number of ether oxygens (including phenoxy) is 1. The number of hydrogen-bond donors (Lipinski definition) is 2. The smallest absolute Gasteiger partial charge is 0.0791 e. The van der Waals surface area contributed by atoms with E-state index < -0.39 is 0 Å². The van der Waals surface area contributed by atoms with Crippen molar-refractivity contribution in [2.45, 2.75) is 38.5 Å². The largest absolute Gasteiger partial charge is 0.390 e. The first-order valence-electron chi connectivity index (χ1n) is 6.60. The van der Waals surface area contributed by atoms with E-state index in [1.165, 1.54) is 0 Å². The van der Waals surface area contributed by atoms with Gasteiger partial charge in [0.15, 0.2) is 0 Å². The van der Waals surface area contributed by atoms with Gasteiger partial charge in [0.2, 0.25) is 0 Å². The zero-order valence-electron chi connectivity index (χ0n) is 11.4. The van der Waals surface area contributed by atoms with Gasteiger partial charge in [-0.3, -0.25) is 0 Å². The van der Waals surface area contributed by atoms with Crippen molar-refractivity contribution in [2.75, 3.05) is 33.8 Å². The quantitative estimate of drug-likeness (QED) is 0.728. The van der Waals surface area contributed by atoms with Crippen LogP contribution in [-0.4, -0.2) is 62.0 Å². The van der Waals surface area contributed by atoms with Gasteiger partial charge in [0.05, 0.1) is 12.2 Å². The fourth-order valence-corrected chi connectivity index (χ4v) is 3.49. The van der Waals surface area contributed by atoms with Crippen molar-refractivity contribution < 1.29 is 9.84 Å². The molecule has 1 heterocycles. The van der Waals surface area contributed by atoms with Gasteiger partial charge in [0, 0.05) is 37.1 Å². The monoisotopic (exact) mass is 242 g/mol. The molecule has 1 saturated heterocycles. The lowest BCUT2D eigenvalue weighted by atomic mass is 9.57. The second kappa shape index (κ2) is 4.84. The Hall–Kier alpha value is -0.160. The highest BCUT2D eigenvalue weighted by Crippen LogP contribution is 2.51. The fraction of sp³-hybridized carbons (Fsp3) is 1.00. The first kappa shape index (κ1) is 13.3. The molecule has 0 aromatic heterocycles. The van der Waals surface area contributed by atoms with E-state index in [-0.39, 0.29) is 11.5 Å². The molecular formula is C13H26N2O2. The Bertz CT molecular complexity index is 268. The number of fused-ring (bicyclic) bond motifs is 1. The molecule has 0 aromatic carbocycles. The van der Waals surface area contributed by atoms with E-state index in [4.69, 9.17) is 4.74 Å². The average Bonchev–Trinajstić information content (AvgIpc) is 2.62. The average molecular weight is 242 g/mol. The summed E-state index contributed by atoms with van der Waals surface area (Å²) < 4.78 is 5.76. The molecule has 0 aromatic rings. The minimum absolute atomic E-state index is 0.207. The van der Waals surface area contributed by atoms with Gasteiger partial charge in [-0.05, 0) is 20.5 Å². The van der Waals surface area contributed by atoms with Gasteiger partial charge in [0.25, 0.3) is 0 Å². The third-order valence-electron chi connectivity index (χ3n) is 4.25. The van der Waals surface area contributed by atoms with Crippen molar-refractivity contribution in [3.05, 3.63) is 0 Å². The molecule has 0 bridgehead atoms. The summed E-state index contributed by atoms with van der Waals surface area (Å²) in [5.41, 5.74) is 0.207. The van der Waals surface area contributed by atoms with Gasteiger partial charge in [-0.25, -0.2) is 0 Å². The lowest BCUT2D eigenvalue weighted by molar-refractivity contribution is -0.114. The summed E-state index contributed by atoms with van der Waals surface area (Å²) in [4.78, 5) is 2.01. The van der Waals surface area contributed by atoms with Crippen LogP contribution in [0.25, 0.3) is 0 Å². The number of likely N-dealkylation sites (N-methyl/N-ethyl adjacent to an activating group) is 1. The Morgan fingerprint density at radius 2 is 2.18 bits per heavy atom. The van der Waals surface area contributed by atoms with E-state index in [2.05, 4.69) is 19.2 Å². The molecule has 2 fully saturated rings. The molecule has 0 radical (unpaired) electrons. The molecule has 4 unspecified atom stereocenters. The second-order valence-electron chi connectivity index (χ2n) is 6.37. The maximum Gasteiger partial charge on any atom is 0.0791 e. The topological polar surface area (TPSA) is 44.7 Å². The van der Waals surface area contributed by atoms with Crippen LogP contribution in [0, 0.1) is 11.3 Å². The summed E-state index contributed by atoms with van der Waals surface area (Å²) in [5.74, 6) is 0.650. The zero-order valence-corrected chi connectivity index (χ0v) is 11.4. The molecule has 1 aliphatic carbocycles. The van der Waals surface area contributed by atoms with E-state index in [1.54, 1.807) is 0 Å². The highest BCUT2D eigenvalue weighted by Gasteiger charge is 2.58. The van der Waals surface area contributed by atoms with E-state index in [9.17, 15) is 5.11 Å². The molecule has 4 atom stereocenters. The number of aliphatic hydroxyl groups is 1. The Labute approximate surface area is 104 Å². The van der Waals surface area contributed by atoms with Gasteiger partial charge in [-0.2, -0.15) is 0 Å². The normalized spacial score (nSPS) is 36.7. The summed E-state index contributed by atoms with van der Waals surface area (Å²) in [5, 5.41) is 13.4. The summed E-state index contributed by atoms with van der Waals surface area (Å²) in [6.07, 6.45) is 1.29. The molecule has 4 heteroatoms. The van der Waals surface area contributed by atoms with Crippen molar-refractivity contribution in [3.63, 3.8) is 0 Å². The number of rotatable bonds is 5. The Morgan fingerprint density at radius 3 is 2.82 bits per heavy atom. The summed E-state index contributed by atoms with van der Waals surface area (Å²) in [6.45, 7) is 6.81. The van der Waals surface area contributed by atoms with Crippen LogP contribution in [-0.2, 0) is 4.74 Å². The summed E-state index contributed by atoms with van der Waals surface area (Å²) >= 11 is 0. The van der Waals surface area contributed by atoms with Crippen LogP contribution in [0.15, 0.2) is 0 Å². The predicted molar refractivity (Wildman–Crippen MR) is 68.0 cm³/mol. The summed E-state index contributed by atoms with van der Waals surface area (Å²) in [6, 6.07) is 0.492. The van der Waals surface area contributed by atoms with Gasteiger partial charge in [-0.1, -0.05) is 13.8 Å². The predicted octanol–water partition coefficient (Wildman–Crippen LogP) is 0.312. The van der Waals surface area contributed by atoms with Gasteiger partial charge >= 0.3 is 0 Å². The molecule has 2 aliphatic rings. The van der Waals surface area contributed by atoms with Crippen molar-refractivity contribution >= 4 is 0 Å². The van der Waals surface area contributed by atoms with Crippen LogP contribution >= 0.6 is 0 Å². The minimum atomic E-state index is -0.290. The first-order valence-corrected chi connectivity index (χ1v) is 6.60. The van der Waals surface area contributed by atoms with Gasteiger partial charge in [-0.15, -0.1) is 0 Å². The van der Waals surface area contributed by atoms with E-state index in [1.807, 2.05) is 19.0 Å². The van der Waals surface area contributed by atoms with Gasteiger partial charge < -0.3 is 20.1 Å². The Balaban J connectivity index is 1.79. The summed E-state index contributed by atoms with van der Waals surface area (Å²) in [7, 11) is 3.97. The molecule has 1 saturated carbocycles. The SMILES string of the molecule is CN(C)CC(O)CNC1C2CCOC2C1(C)C. The maximum absolute atomic E-state index is 9.86. The molecule has 1 aliphatic heterocycles. The molecule has 2 N–H and O–H groups in total. The molecule has 17 heavy (non-hydrogen) atoms. The molecule has 0 amide bonds. The molecule has 0 spiro atoms. The Morgan fingerprint density at radius 1 is 1.47 bits per heavy atom. The second-order valence-corrected chi connectivity index (χ2v) is 6.37. The van der Waals surface area contributed by atoms with E-state index in [0.29, 0.717) is 31.2 Å². The van der Waals surface area contributed by atoms with Crippen LogP contribution in [0.1, 0.15) is 20.3 Å². The van der Waals surface area contributed by atoms with Crippen LogP contribution in [0.2, 0.25) is 0 Å². The number of hydrogen-bond acceptors (Lipinski definition) is 4. The van der Waals surface area contributed by atoms with Crippen LogP contribution < -0.4 is 5.32 Å². The lowest BCUT2D eigenvalue weighted by Crippen LogP contribution is -2.66. The highest BCUT2D eigenvalue weighted by atomic mass is 16.5. The molecule has 100 valence electrons. The van der Waals surface area contributed by atoms with Gasteiger partial charge in [0.1, 0.15) is 0 Å². The number of nitrogens with zero attached hydrogens (tertiary/aromatic N) is 1. The first-order chi connectivity index (χ1) is 7.93. The molecule has 2 rings (SSSR count). The highest BCUT2D eigenvalue weighted by molar-refractivity contribution is 5.11. The zero-order chi connectivity index (χ0) is 12.6. The lowest BCUT2D eigenvalue weighted by Gasteiger charge is -2.55. The van der Waals surface area contributed by atoms with Crippen LogP contribution in [0.5, 0.6) is 0 Å². The van der Waals surface area contributed by atoms with Crippen LogP contribution in [0.4, 0.5) is 0 Å². The van der Waals surface area contributed by atoms with Crippen molar-refractivity contribution in [2.24, 2.45) is 11.3 Å². The third kappa shape index (κ3) is 2.50. The number of aliphatic hydroxyl groups excluding tert-OH is 1. The standard InChI is InChI=1S/C13H26N2O2/c1-13(2)11(10-5-6-17-12(10)13)14-7-9(16)8-15(3)4/h9-12,14,16H,5-8H2,1-4H3. The fourth-order valence-electron chi connectivity index (χ4n) is 3.49. The Kier molecular flexibility index (Phi) is 3.78. The molecular weight excluding hydrogens is 216 g/mol. The van der Waals surface area contributed by atoms with E-state index >= 15 is 0 Å². The number of nitrogens with one attached hydrogen (secondary N) is 1. The van der Waals surface area contributed by atoms with Crippen LogP contribution in [0.3, 0.4) is 0 Å². The minimum Gasteiger partial charge on any atom is -0.390 e. The van der Waals surface area contributed by atoms with E-state index in [0.717, 1.165) is 13.0 Å². The van der Waals surface area contributed by atoms with Crippen molar-refractivity contribution in [1.82, 2.24) is 10.2 Å².